The molecule has 0 saturated carbocycles. The van der Waals surface area contributed by atoms with Crippen LogP contribution >= 0.6 is 7.60 Å². The molecule has 0 bridgehead atoms. The molecule has 0 aliphatic carbocycles. The largest absolute Gasteiger partial charge is 0.385 e. The maximum atomic E-state index is 12.5. The van der Waals surface area contributed by atoms with Crippen molar-refractivity contribution in [2.75, 3.05) is 27.7 Å². The fourth-order valence-electron chi connectivity index (χ4n) is 4.38. The Morgan fingerprint density at radius 2 is 1.12 bits per heavy atom. The Kier molecular flexibility index (Phi) is 20.1. The van der Waals surface area contributed by atoms with Gasteiger partial charge in [0.25, 0.3) is 0 Å². The average Bonchev–Trinajstić information content (AvgIpc) is 2.71. The average molecular weight is 475 g/mol. The van der Waals surface area contributed by atoms with E-state index in [0.29, 0.717) is 17.5 Å². The van der Waals surface area contributed by atoms with Crippen molar-refractivity contribution in [3.63, 3.8) is 0 Å². The molecule has 32 heavy (non-hydrogen) atoms. The first kappa shape index (κ1) is 31.9. The predicted octanol–water partition coefficient (Wildman–Crippen LogP) is 8.84. The van der Waals surface area contributed by atoms with Gasteiger partial charge < -0.3 is 13.9 Å². The zero-order valence-electron chi connectivity index (χ0n) is 22.3. The normalized spacial score (nSPS) is 15.3. The Balaban J connectivity index is 3.47. The summed E-state index contributed by atoms with van der Waals surface area (Å²) in [6, 6.07) is 0. The van der Waals surface area contributed by atoms with E-state index in [0.717, 1.165) is 25.7 Å². The standard InChI is InChI=1S/C27H56NO3P/c1-6-8-9-10-11-12-13-14-15-16-17-18-19-20-21-22-23-24-25-26-31-32(29,30)27(7-2)28(3,4)5/h19-20,27H,6-18,21-26H2,1-5H3/p+1. The van der Waals surface area contributed by atoms with Crippen molar-refractivity contribution in [1.29, 1.82) is 0 Å². The third-order valence-corrected chi connectivity index (χ3v) is 8.68. The number of allylic oxidation sites excluding steroid dienone is 2. The van der Waals surface area contributed by atoms with Crippen molar-refractivity contribution in [1.82, 2.24) is 0 Å². The maximum absolute atomic E-state index is 12.5. The molecule has 2 atom stereocenters. The van der Waals surface area contributed by atoms with Gasteiger partial charge in [-0.15, -0.1) is 0 Å². The van der Waals surface area contributed by atoms with Crippen LogP contribution in [0.5, 0.6) is 0 Å². The SMILES string of the molecule is CCCCCCCCCCCCCC=CCCCCCCOP(=O)(O)C(CC)[N+](C)(C)C. The summed E-state index contributed by atoms with van der Waals surface area (Å²) in [4.78, 5) is 10.3. The van der Waals surface area contributed by atoms with Gasteiger partial charge in [-0.2, -0.15) is 0 Å². The monoisotopic (exact) mass is 474 g/mol. The van der Waals surface area contributed by atoms with Crippen LogP contribution in [0.15, 0.2) is 12.2 Å². The van der Waals surface area contributed by atoms with Gasteiger partial charge >= 0.3 is 7.60 Å². The van der Waals surface area contributed by atoms with Crippen LogP contribution < -0.4 is 0 Å². The molecule has 1 N–H and O–H groups in total. The zero-order valence-corrected chi connectivity index (χ0v) is 23.2. The Hall–Kier alpha value is -0.150. The van der Waals surface area contributed by atoms with Gasteiger partial charge in [0.05, 0.1) is 27.7 Å². The second kappa shape index (κ2) is 20.2. The zero-order chi connectivity index (χ0) is 24.1. The van der Waals surface area contributed by atoms with Crippen LogP contribution in [-0.4, -0.2) is 42.9 Å². The molecule has 0 aromatic rings. The van der Waals surface area contributed by atoms with Crippen LogP contribution in [0.4, 0.5) is 0 Å². The van der Waals surface area contributed by atoms with Gasteiger partial charge in [0.2, 0.25) is 0 Å². The first-order valence-corrected chi connectivity index (χ1v) is 15.3. The lowest BCUT2D eigenvalue weighted by Gasteiger charge is -2.35. The predicted molar refractivity (Wildman–Crippen MR) is 141 cm³/mol. The van der Waals surface area contributed by atoms with Gasteiger partial charge in [0.15, 0.2) is 5.78 Å². The van der Waals surface area contributed by atoms with Gasteiger partial charge in [0.1, 0.15) is 0 Å². The summed E-state index contributed by atoms with van der Waals surface area (Å²) in [7, 11) is 2.29. The van der Waals surface area contributed by atoms with Crippen LogP contribution in [-0.2, 0) is 9.09 Å². The van der Waals surface area contributed by atoms with Gasteiger partial charge in [-0.25, -0.2) is 0 Å². The lowest BCUT2D eigenvalue weighted by molar-refractivity contribution is -0.883. The highest BCUT2D eigenvalue weighted by Gasteiger charge is 2.41. The first-order chi connectivity index (χ1) is 15.3. The molecule has 5 heteroatoms. The summed E-state index contributed by atoms with van der Waals surface area (Å²) in [5, 5.41) is 0. The molecule has 0 fully saturated rings. The molecule has 2 unspecified atom stereocenters. The molecule has 0 saturated heterocycles. The summed E-state index contributed by atoms with van der Waals surface area (Å²) in [5.74, 6) is -0.354. The lowest BCUT2D eigenvalue weighted by Crippen LogP contribution is -2.44. The van der Waals surface area contributed by atoms with Crippen LogP contribution in [0.25, 0.3) is 0 Å². The summed E-state index contributed by atoms with van der Waals surface area (Å²) in [5.41, 5.74) is 0. The van der Waals surface area contributed by atoms with E-state index in [1.165, 1.54) is 83.5 Å². The molecular weight excluding hydrogens is 417 g/mol. The van der Waals surface area contributed by atoms with Crippen LogP contribution in [0.1, 0.15) is 129 Å². The quantitative estimate of drug-likeness (QED) is 0.0696. The third-order valence-electron chi connectivity index (χ3n) is 6.32. The minimum atomic E-state index is -3.56. The van der Waals surface area contributed by atoms with Crippen molar-refractivity contribution in [2.45, 2.75) is 135 Å². The number of unbranched alkanes of at least 4 members (excludes halogenated alkanes) is 15. The molecule has 0 rings (SSSR count). The van der Waals surface area contributed by atoms with E-state index < -0.39 is 7.60 Å². The molecule has 0 aliphatic heterocycles. The Labute approximate surface area is 201 Å². The van der Waals surface area contributed by atoms with E-state index in [-0.39, 0.29) is 5.78 Å². The van der Waals surface area contributed by atoms with E-state index in [1.807, 2.05) is 28.1 Å². The number of quaternary nitrogens is 1. The molecule has 192 valence electrons. The van der Waals surface area contributed by atoms with E-state index in [4.69, 9.17) is 4.52 Å². The topological polar surface area (TPSA) is 46.5 Å². The Morgan fingerprint density at radius 1 is 0.719 bits per heavy atom. The van der Waals surface area contributed by atoms with E-state index in [2.05, 4.69) is 19.1 Å². The van der Waals surface area contributed by atoms with Crippen molar-refractivity contribution >= 4 is 7.60 Å². The minimum absolute atomic E-state index is 0.354. The van der Waals surface area contributed by atoms with E-state index >= 15 is 0 Å². The molecule has 0 aromatic carbocycles. The molecule has 0 amide bonds. The van der Waals surface area contributed by atoms with Gasteiger partial charge in [-0.05, 0) is 32.1 Å². The lowest BCUT2D eigenvalue weighted by atomic mass is 10.1. The molecule has 0 aliphatic rings. The smallest absolute Gasteiger partial charge is 0.320 e. The Bertz CT molecular complexity index is 488. The molecule has 0 spiro atoms. The van der Waals surface area contributed by atoms with Gasteiger partial charge in [-0.3, -0.25) is 4.57 Å². The highest BCUT2D eigenvalue weighted by Crippen LogP contribution is 2.51. The highest BCUT2D eigenvalue weighted by atomic mass is 31.2. The van der Waals surface area contributed by atoms with Gasteiger partial charge in [0, 0.05) is 6.42 Å². The van der Waals surface area contributed by atoms with Crippen molar-refractivity contribution in [3.05, 3.63) is 12.2 Å². The van der Waals surface area contributed by atoms with Crippen molar-refractivity contribution in [3.8, 4) is 0 Å². The third kappa shape index (κ3) is 18.3. The summed E-state index contributed by atoms with van der Waals surface area (Å²) in [6.07, 6.45) is 27.4. The van der Waals surface area contributed by atoms with E-state index in [1.54, 1.807) is 0 Å². The second-order valence-corrected chi connectivity index (χ2v) is 12.4. The number of rotatable bonds is 23. The van der Waals surface area contributed by atoms with Crippen molar-refractivity contribution < 1.29 is 18.5 Å². The fourth-order valence-corrected chi connectivity index (χ4v) is 6.28. The summed E-state index contributed by atoms with van der Waals surface area (Å²) >= 11 is 0. The fraction of sp³-hybridized carbons (Fsp3) is 0.926. The molecule has 0 aromatic heterocycles. The van der Waals surface area contributed by atoms with Crippen LogP contribution in [0.3, 0.4) is 0 Å². The Morgan fingerprint density at radius 3 is 1.53 bits per heavy atom. The van der Waals surface area contributed by atoms with Gasteiger partial charge in [-0.1, -0.05) is 103 Å². The van der Waals surface area contributed by atoms with Crippen LogP contribution in [0, 0.1) is 0 Å². The molecule has 0 radical (unpaired) electrons. The first-order valence-electron chi connectivity index (χ1n) is 13.7. The second-order valence-electron chi connectivity index (χ2n) is 10.4. The number of hydrogen-bond acceptors (Lipinski definition) is 2. The number of nitrogens with zero attached hydrogens (tertiary/aromatic N) is 1. The summed E-state index contributed by atoms with van der Waals surface area (Å²) < 4.78 is 18.4. The molecule has 0 heterocycles. The molecular formula is C27H57NO3P+. The number of hydrogen-bond donors (Lipinski definition) is 1. The minimum Gasteiger partial charge on any atom is -0.320 e. The summed E-state index contributed by atoms with van der Waals surface area (Å²) in [6.45, 7) is 4.62. The highest BCUT2D eigenvalue weighted by molar-refractivity contribution is 7.53. The molecule has 4 nitrogen and oxygen atoms in total. The van der Waals surface area contributed by atoms with Crippen LogP contribution in [0.2, 0.25) is 0 Å². The van der Waals surface area contributed by atoms with E-state index in [9.17, 15) is 9.46 Å². The van der Waals surface area contributed by atoms with Crippen molar-refractivity contribution in [2.24, 2.45) is 0 Å². The maximum Gasteiger partial charge on any atom is 0.385 e.